The van der Waals surface area contributed by atoms with Crippen molar-refractivity contribution < 1.29 is 14.6 Å². The third kappa shape index (κ3) is 3.75. The van der Waals surface area contributed by atoms with Gasteiger partial charge in [0.05, 0.1) is 23.6 Å². The summed E-state index contributed by atoms with van der Waals surface area (Å²) in [5.74, 6) is -0.904. The standard InChI is InChI=1S/C25H27ClN4O3/c1-33-8-7-30-13-25(12-27,14-30)23-21(24(31)32)18-6-5-16-11-28-20(10-19(16)22(18)29-23)15-3-2-4-17(26)9-15/h2-4,9-11,29H,5-8,12-14,27H2,1H3,(H,31,32). The number of nitrogens with zero attached hydrogens (tertiary/aromatic N) is 2. The molecule has 1 saturated heterocycles. The van der Waals surface area contributed by atoms with Crippen LogP contribution < -0.4 is 5.73 Å². The van der Waals surface area contributed by atoms with Crippen LogP contribution in [0.25, 0.3) is 22.5 Å². The van der Waals surface area contributed by atoms with Crippen molar-refractivity contribution in [3.05, 3.63) is 63.9 Å². The number of nitrogens with two attached hydrogens (primary N) is 1. The number of carboxylic acid groups (broad SMARTS) is 1. The van der Waals surface area contributed by atoms with Gasteiger partial charge in [0.15, 0.2) is 0 Å². The van der Waals surface area contributed by atoms with Crippen molar-refractivity contribution in [3.8, 4) is 22.5 Å². The van der Waals surface area contributed by atoms with Gasteiger partial charge in [-0.3, -0.25) is 9.88 Å². The summed E-state index contributed by atoms with van der Waals surface area (Å²) in [4.78, 5) is 22.8. The van der Waals surface area contributed by atoms with E-state index >= 15 is 0 Å². The number of hydrogen-bond donors (Lipinski definition) is 3. The van der Waals surface area contributed by atoms with E-state index in [1.165, 1.54) is 0 Å². The number of methoxy groups -OCH3 is 1. The van der Waals surface area contributed by atoms with Gasteiger partial charge in [-0.05, 0) is 42.2 Å². The number of aromatic amines is 1. The number of rotatable bonds is 7. The summed E-state index contributed by atoms with van der Waals surface area (Å²) in [6, 6.07) is 9.62. The lowest BCUT2D eigenvalue weighted by Gasteiger charge is -2.49. The van der Waals surface area contributed by atoms with Gasteiger partial charge in [-0.2, -0.15) is 0 Å². The maximum Gasteiger partial charge on any atom is 0.337 e. The van der Waals surface area contributed by atoms with E-state index in [1.54, 1.807) is 7.11 Å². The predicted octanol–water partition coefficient (Wildman–Crippen LogP) is 3.35. The first kappa shape index (κ1) is 22.1. The second-order valence-electron chi connectivity index (χ2n) is 8.96. The van der Waals surface area contributed by atoms with Gasteiger partial charge in [0.25, 0.3) is 0 Å². The van der Waals surface area contributed by atoms with Crippen molar-refractivity contribution in [2.45, 2.75) is 18.3 Å². The number of aromatic carboxylic acids is 1. The van der Waals surface area contributed by atoms with Crippen LogP contribution in [0, 0.1) is 0 Å². The Kier molecular flexibility index (Phi) is 5.74. The van der Waals surface area contributed by atoms with Crippen LogP contribution in [0.1, 0.15) is 27.2 Å². The minimum atomic E-state index is -0.904. The van der Waals surface area contributed by atoms with Crippen LogP contribution in [0.2, 0.25) is 5.02 Å². The fourth-order valence-corrected chi connectivity index (χ4v) is 5.40. The van der Waals surface area contributed by atoms with Crippen molar-refractivity contribution in [3.63, 3.8) is 0 Å². The molecule has 0 amide bonds. The Morgan fingerprint density at radius 1 is 1.33 bits per heavy atom. The van der Waals surface area contributed by atoms with Crippen LogP contribution in [-0.4, -0.2) is 65.8 Å². The van der Waals surface area contributed by atoms with Gasteiger partial charge in [0.2, 0.25) is 0 Å². The molecular formula is C25H27ClN4O3. The molecule has 0 spiro atoms. The SMILES string of the molecule is COCCN1CC(CN)(c2[nH]c3c(c2C(=O)O)CCc2cnc(-c4cccc(Cl)c4)cc2-3)C1. The monoisotopic (exact) mass is 466 g/mol. The van der Waals surface area contributed by atoms with Gasteiger partial charge in [0.1, 0.15) is 0 Å². The van der Waals surface area contributed by atoms with E-state index in [4.69, 9.17) is 22.1 Å². The Morgan fingerprint density at radius 2 is 2.15 bits per heavy atom. The molecule has 8 heteroatoms. The molecule has 0 bridgehead atoms. The maximum absolute atomic E-state index is 12.4. The molecule has 0 unspecified atom stereocenters. The number of nitrogens with one attached hydrogen (secondary N) is 1. The number of benzene rings is 1. The average Bonchev–Trinajstić information content (AvgIpc) is 3.19. The predicted molar refractivity (Wildman–Crippen MR) is 128 cm³/mol. The molecule has 4 N–H and O–H groups in total. The molecule has 0 saturated carbocycles. The first-order chi connectivity index (χ1) is 16.0. The van der Waals surface area contributed by atoms with Crippen molar-refractivity contribution in [1.29, 1.82) is 0 Å². The van der Waals surface area contributed by atoms with Gasteiger partial charge in [-0.25, -0.2) is 4.79 Å². The quantitative estimate of drug-likeness (QED) is 0.493. The van der Waals surface area contributed by atoms with E-state index in [-0.39, 0.29) is 0 Å². The molecular weight excluding hydrogens is 440 g/mol. The number of aryl methyl sites for hydroxylation is 1. The highest BCUT2D eigenvalue weighted by Gasteiger charge is 2.47. The van der Waals surface area contributed by atoms with Gasteiger partial charge in [0, 0.05) is 66.7 Å². The lowest BCUT2D eigenvalue weighted by Crippen LogP contribution is -2.63. The summed E-state index contributed by atoms with van der Waals surface area (Å²) >= 11 is 6.19. The summed E-state index contributed by atoms with van der Waals surface area (Å²) in [7, 11) is 1.68. The highest BCUT2D eigenvalue weighted by atomic mass is 35.5. The summed E-state index contributed by atoms with van der Waals surface area (Å²) in [6.45, 7) is 3.25. The molecule has 3 heterocycles. The molecule has 2 aromatic heterocycles. The minimum absolute atomic E-state index is 0.382. The van der Waals surface area contributed by atoms with Crippen LogP contribution in [0.3, 0.4) is 0 Å². The number of carboxylic acids is 1. The number of carbonyl (C=O) groups is 1. The Balaban J connectivity index is 1.59. The van der Waals surface area contributed by atoms with Crippen LogP contribution in [0.4, 0.5) is 0 Å². The largest absolute Gasteiger partial charge is 0.478 e. The summed E-state index contributed by atoms with van der Waals surface area (Å²) in [5.41, 5.74) is 12.5. The van der Waals surface area contributed by atoms with Crippen molar-refractivity contribution in [2.24, 2.45) is 5.73 Å². The molecule has 3 aromatic rings. The van der Waals surface area contributed by atoms with Crippen LogP contribution in [0.15, 0.2) is 36.5 Å². The van der Waals surface area contributed by atoms with Crippen molar-refractivity contribution >= 4 is 17.6 Å². The molecule has 33 heavy (non-hydrogen) atoms. The lowest BCUT2D eigenvalue weighted by atomic mass is 9.74. The van der Waals surface area contributed by atoms with Crippen molar-refractivity contribution in [2.75, 3.05) is 39.9 Å². The smallest absolute Gasteiger partial charge is 0.337 e. The van der Waals surface area contributed by atoms with Crippen LogP contribution in [-0.2, 0) is 23.0 Å². The molecule has 1 aromatic carbocycles. The Bertz CT molecular complexity index is 1220. The zero-order chi connectivity index (χ0) is 23.2. The Morgan fingerprint density at radius 3 is 2.85 bits per heavy atom. The normalized spacial score (nSPS) is 16.7. The highest BCUT2D eigenvalue weighted by Crippen LogP contribution is 2.43. The third-order valence-electron chi connectivity index (χ3n) is 6.92. The fourth-order valence-electron chi connectivity index (χ4n) is 5.21. The Labute approximate surface area is 197 Å². The van der Waals surface area contributed by atoms with Gasteiger partial charge in [-0.1, -0.05) is 23.7 Å². The van der Waals surface area contributed by atoms with Crippen LogP contribution >= 0.6 is 11.6 Å². The van der Waals surface area contributed by atoms with E-state index in [0.717, 1.165) is 52.3 Å². The van der Waals surface area contributed by atoms with Crippen molar-refractivity contribution in [1.82, 2.24) is 14.9 Å². The second-order valence-corrected chi connectivity index (χ2v) is 9.40. The lowest BCUT2D eigenvalue weighted by molar-refractivity contribution is 0.0399. The number of likely N-dealkylation sites (tertiary alicyclic amines) is 1. The molecule has 1 fully saturated rings. The molecule has 5 rings (SSSR count). The summed E-state index contributed by atoms with van der Waals surface area (Å²) in [6.07, 6.45) is 3.30. The Hall–Kier alpha value is -2.71. The zero-order valence-corrected chi connectivity index (χ0v) is 19.3. The number of pyridine rings is 1. The van der Waals surface area contributed by atoms with E-state index in [1.807, 2.05) is 36.5 Å². The van der Waals surface area contributed by atoms with Gasteiger partial charge >= 0.3 is 5.97 Å². The number of fused-ring (bicyclic) bond motifs is 3. The number of ether oxygens (including phenoxy) is 1. The number of H-pyrrole nitrogens is 1. The number of halogens is 1. The molecule has 2 aliphatic rings. The molecule has 0 atom stereocenters. The van der Waals surface area contributed by atoms with E-state index in [0.29, 0.717) is 43.2 Å². The average molecular weight is 467 g/mol. The highest BCUT2D eigenvalue weighted by molar-refractivity contribution is 6.30. The van der Waals surface area contributed by atoms with E-state index < -0.39 is 11.4 Å². The summed E-state index contributed by atoms with van der Waals surface area (Å²) in [5, 5.41) is 10.8. The van der Waals surface area contributed by atoms with E-state index in [9.17, 15) is 9.90 Å². The molecule has 1 aliphatic heterocycles. The first-order valence-electron chi connectivity index (χ1n) is 11.1. The molecule has 0 radical (unpaired) electrons. The number of aromatic nitrogens is 2. The second kappa shape index (κ2) is 8.57. The maximum atomic E-state index is 12.4. The molecule has 172 valence electrons. The fraction of sp³-hybridized carbons (Fsp3) is 0.360. The molecule has 7 nitrogen and oxygen atoms in total. The van der Waals surface area contributed by atoms with Gasteiger partial charge in [-0.15, -0.1) is 0 Å². The first-order valence-corrected chi connectivity index (χ1v) is 11.5. The number of hydrogen-bond acceptors (Lipinski definition) is 5. The van der Waals surface area contributed by atoms with Gasteiger partial charge < -0.3 is 20.6 Å². The van der Waals surface area contributed by atoms with E-state index in [2.05, 4.69) is 14.9 Å². The topological polar surface area (TPSA) is 104 Å². The van der Waals surface area contributed by atoms with Crippen LogP contribution in [0.5, 0.6) is 0 Å². The third-order valence-corrected chi connectivity index (χ3v) is 7.16. The molecule has 1 aliphatic carbocycles. The zero-order valence-electron chi connectivity index (χ0n) is 18.5. The summed E-state index contributed by atoms with van der Waals surface area (Å²) < 4.78 is 5.19. The minimum Gasteiger partial charge on any atom is -0.478 e.